The van der Waals surface area contributed by atoms with Gasteiger partial charge in [-0.1, -0.05) is 42.0 Å². The molecule has 3 rings (SSSR count). The molecule has 1 aliphatic rings. The van der Waals surface area contributed by atoms with Crippen molar-refractivity contribution in [1.82, 2.24) is 0 Å². The maximum Gasteiger partial charge on any atom is 0.297 e. The van der Waals surface area contributed by atoms with Crippen molar-refractivity contribution in [1.29, 1.82) is 0 Å². The molecule has 1 atom stereocenters. The highest BCUT2D eigenvalue weighted by atomic mass is 32.2. The molecule has 1 fully saturated rings. The first-order valence-corrected chi connectivity index (χ1v) is 9.58. The summed E-state index contributed by atoms with van der Waals surface area (Å²) in [6.45, 7) is 1.64. The average Bonchev–Trinajstić information content (AvgIpc) is 3.39. The van der Waals surface area contributed by atoms with Crippen LogP contribution in [0.2, 0.25) is 0 Å². The van der Waals surface area contributed by atoms with Crippen molar-refractivity contribution in [2.24, 2.45) is 0 Å². The Hall–Kier alpha value is -1.69. The minimum absolute atomic E-state index is 0.106. The Bertz CT molecular complexity index is 775. The van der Waals surface area contributed by atoms with E-state index in [1.807, 2.05) is 19.1 Å². The molecular weight excluding hydrogens is 324 g/mol. The summed E-state index contributed by atoms with van der Waals surface area (Å²) < 4.78 is 29.2. The van der Waals surface area contributed by atoms with Gasteiger partial charge in [-0.2, -0.15) is 8.42 Å². The molecule has 5 heteroatoms. The molecule has 0 heterocycles. The van der Waals surface area contributed by atoms with Crippen LogP contribution in [0.3, 0.4) is 0 Å². The van der Waals surface area contributed by atoms with Crippen LogP contribution in [0.1, 0.15) is 35.4 Å². The van der Waals surface area contributed by atoms with Gasteiger partial charge in [-0.25, -0.2) is 0 Å². The first-order chi connectivity index (χ1) is 11.4. The van der Waals surface area contributed by atoms with Crippen molar-refractivity contribution in [2.75, 3.05) is 6.61 Å². The molecular formula is C19H22O4S. The summed E-state index contributed by atoms with van der Waals surface area (Å²) in [6, 6.07) is 14.6. The number of aryl methyl sites for hydroxylation is 1. The lowest BCUT2D eigenvalue weighted by Gasteiger charge is -2.12. The molecule has 2 aromatic rings. The number of rotatable bonds is 7. The van der Waals surface area contributed by atoms with Crippen LogP contribution in [0.15, 0.2) is 53.4 Å². The van der Waals surface area contributed by atoms with Gasteiger partial charge in [0.2, 0.25) is 0 Å². The van der Waals surface area contributed by atoms with E-state index in [-0.39, 0.29) is 11.5 Å². The van der Waals surface area contributed by atoms with E-state index < -0.39 is 16.2 Å². The molecule has 24 heavy (non-hydrogen) atoms. The van der Waals surface area contributed by atoms with E-state index in [2.05, 4.69) is 12.1 Å². The van der Waals surface area contributed by atoms with E-state index in [4.69, 9.17) is 4.18 Å². The molecule has 0 aliphatic heterocycles. The third kappa shape index (κ3) is 4.44. The lowest BCUT2D eigenvalue weighted by Crippen LogP contribution is -2.21. The Balaban J connectivity index is 1.54. The molecule has 4 nitrogen and oxygen atoms in total. The summed E-state index contributed by atoms with van der Waals surface area (Å²) in [7, 11) is -3.83. The second-order valence-corrected chi connectivity index (χ2v) is 8.04. The van der Waals surface area contributed by atoms with E-state index in [0.717, 1.165) is 11.1 Å². The quantitative estimate of drug-likeness (QED) is 0.782. The lowest BCUT2D eigenvalue weighted by molar-refractivity contribution is 0.111. The van der Waals surface area contributed by atoms with Crippen molar-refractivity contribution in [3.05, 3.63) is 65.2 Å². The maximum absolute atomic E-state index is 12.1. The molecule has 0 radical (unpaired) electrons. The molecule has 2 aromatic carbocycles. The van der Waals surface area contributed by atoms with Gasteiger partial charge in [-0.3, -0.25) is 4.18 Å². The van der Waals surface area contributed by atoms with E-state index in [0.29, 0.717) is 12.3 Å². The van der Waals surface area contributed by atoms with Crippen LogP contribution < -0.4 is 0 Å². The lowest BCUT2D eigenvalue weighted by atomic mass is 10.0. The summed E-state index contributed by atoms with van der Waals surface area (Å²) in [5.41, 5.74) is 3.29. The van der Waals surface area contributed by atoms with Crippen LogP contribution in [-0.2, 0) is 20.7 Å². The van der Waals surface area contributed by atoms with Gasteiger partial charge in [0.1, 0.15) is 0 Å². The van der Waals surface area contributed by atoms with Gasteiger partial charge >= 0.3 is 0 Å². The Morgan fingerprint density at radius 2 is 1.71 bits per heavy atom. The molecule has 1 N–H and O–H groups in total. The van der Waals surface area contributed by atoms with Crippen LogP contribution in [0, 0.1) is 6.92 Å². The zero-order valence-corrected chi connectivity index (χ0v) is 14.5. The number of hydrogen-bond donors (Lipinski definition) is 1. The number of hydrogen-bond acceptors (Lipinski definition) is 4. The van der Waals surface area contributed by atoms with Gasteiger partial charge in [0.15, 0.2) is 0 Å². The standard InChI is InChI=1S/C19H22O4S/c1-14-2-10-19(11-3-14)24(21,22)23-13-18(20)12-15-4-6-16(7-5-15)17-8-9-17/h2-7,10-11,17-18,20H,8-9,12-13H2,1H3/t18-/m1/s1. The Morgan fingerprint density at radius 1 is 1.08 bits per heavy atom. The van der Waals surface area contributed by atoms with Crippen molar-refractivity contribution < 1.29 is 17.7 Å². The summed E-state index contributed by atoms with van der Waals surface area (Å²) >= 11 is 0. The van der Waals surface area contributed by atoms with Gasteiger partial charge in [-0.05, 0) is 48.9 Å². The highest BCUT2D eigenvalue weighted by Gasteiger charge is 2.23. The highest BCUT2D eigenvalue weighted by Crippen LogP contribution is 2.39. The van der Waals surface area contributed by atoms with Crippen LogP contribution in [0.25, 0.3) is 0 Å². The largest absolute Gasteiger partial charge is 0.390 e. The topological polar surface area (TPSA) is 63.6 Å². The summed E-state index contributed by atoms with van der Waals surface area (Å²) in [4.78, 5) is 0.106. The zero-order valence-electron chi connectivity index (χ0n) is 13.7. The summed E-state index contributed by atoms with van der Waals surface area (Å²) in [6.07, 6.45) is 2.02. The first-order valence-electron chi connectivity index (χ1n) is 8.17. The van der Waals surface area contributed by atoms with E-state index in [9.17, 15) is 13.5 Å². The van der Waals surface area contributed by atoms with Gasteiger partial charge in [0, 0.05) is 6.42 Å². The Kier molecular flexibility index (Phi) is 5.04. The molecule has 1 saturated carbocycles. The minimum Gasteiger partial charge on any atom is -0.390 e. The van der Waals surface area contributed by atoms with Crippen LogP contribution >= 0.6 is 0 Å². The molecule has 0 aromatic heterocycles. The zero-order chi connectivity index (χ0) is 17.2. The predicted octanol–water partition coefficient (Wildman–Crippen LogP) is 3.18. The second kappa shape index (κ2) is 7.05. The normalized spacial score (nSPS) is 16.1. The van der Waals surface area contributed by atoms with Crippen molar-refractivity contribution >= 4 is 10.1 Å². The SMILES string of the molecule is Cc1ccc(S(=O)(=O)OC[C@H](O)Cc2ccc(C3CC3)cc2)cc1. The molecule has 0 saturated heterocycles. The summed E-state index contributed by atoms with van der Waals surface area (Å²) in [5, 5.41) is 10.1. The van der Waals surface area contributed by atoms with E-state index in [1.54, 1.807) is 12.1 Å². The average molecular weight is 346 g/mol. The molecule has 1 aliphatic carbocycles. The maximum atomic E-state index is 12.1. The van der Waals surface area contributed by atoms with Gasteiger partial charge in [0.25, 0.3) is 10.1 Å². The van der Waals surface area contributed by atoms with E-state index >= 15 is 0 Å². The highest BCUT2D eigenvalue weighted by molar-refractivity contribution is 7.86. The number of aliphatic hydroxyl groups is 1. The van der Waals surface area contributed by atoms with Crippen molar-refractivity contribution in [3.8, 4) is 0 Å². The fourth-order valence-electron chi connectivity index (χ4n) is 2.61. The predicted molar refractivity (Wildman–Crippen MR) is 92.4 cm³/mol. The fraction of sp³-hybridized carbons (Fsp3) is 0.368. The van der Waals surface area contributed by atoms with Gasteiger partial charge < -0.3 is 5.11 Å². The third-order valence-corrected chi connectivity index (χ3v) is 5.52. The van der Waals surface area contributed by atoms with Crippen LogP contribution in [0.4, 0.5) is 0 Å². The van der Waals surface area contributed by atoms with Gasteiger partial charge in [-0.15, -0.1) is 0 Å². The van der Waals surface area contributed by atoms with Crippen LogP contribution in [-0.4, -0.2) is 26.2 Å². The monoisotopic (exact) mass is 346 g/mol. The number of benzene rings is 2. The Labute approximate surface area is 143 Å². The second-order valence-electron chi connectivity index (χ2n) is 6.43. The van der Waals surface area contributed by atoms with Gasteiger partial charge in [0.05, 0.1) is 17.6 Å². The minimum atomic E-state index is -3.83. The third-order valence-electron chi connectivity index (χ3n) is 4.23. The summed E-state index contributed by atoms with van der Waals surface area (Å²) in [5.74, 6) is 0.701. The van der Waals surface area contributed by atoms with Crippen molar-refractivity contribution in [2.45, 2.75) is 43.1 Å². The smallest absolute Gasteiger partial charge is 0.297 e. The van der Waals surface area contributed by atoms with Crippen molar-refractivity contribution in [3.63, 3.8) is 0 Å². The Morgan fingerprint density at radius 3 is 2.29 bits per heavy atom. The first kappa shape index (κ1) is 17.1. The molecule has 0 amide bonds. The molecule has 128 valence electrons. The number of aliphatic hydroxyl groups excluding tert-OH is 1. The van der Waals surface area contributed by atoms with Crippen LogP contribution in [0.5, 0.6) is 0 Å². The fourth-order valence-corrected chi connectivity index (χ4v) is 3.56. The van der Waals surface area contributed by atoms with E-state index in [1.165, 1.54) is 30.5 Å². The molecule has 0 spiro atoms. The molecule has 0 unspecified atom stereocenters. The molecule has 0 bridgehead atoms.